The third kappa shape index (κ3) is 5.73. The molecule has 0 bridgehead atoms. The number of rotatable bonds is 6. The van der Waals surface area contributed by atoms with Crippen molar-refractivity contribution in [3.05, 3.63) is 28.8 Å². The topological polar surface area (TPSA) is 50.7 Å². The maximum absolute atomic E-state index is 12.9. The summed E-state index contributed by atoms with van der Waals surface area (Å²) in [5, 5.41) is 2.18. The van der Waals surface area contributed by atoms with Crippen LogP contribution in [0.2, 0.25) is 5.02 Å². The minimum absolute atomic E-state index is 0.00808. The fourth-order valence-electron chi connectivity index (χ4n) is 1.47. The maximum atomic E-state index is 12.9. The minimum Gasteiger partial charge on any atom is -0.374 e. The molecule has 0 aromatic heterocycles. The molecule has 0 saturated heterocycles. The summed E-state index contributed by atoms with van der Waals surface area (Å²) < 4.78 is 43.9. The van der Waals surface area contributed by atoms with Crippen LogP contribution in [0.5, 0.6) is 0 Å². The van der Waals surface area contributed by atoms with Gasteiger partial charge in [0.2, 0.25) is 6.41 Å². The Bertz CT molecular complexity index is 519. The third-order valence-corrected chi connectivity index (χ3v) is 2.57. The van der Waals surface area contributed by atoms with Crippen molar-refractivity contribution in [3.63, 3.8) is 0 Å². The van der Waals surface area contributed by atoms with Crippen molar-refractivity contribution >= 4 is 29.5 Å². The van der Waals surface area contributed by atoms with Crippen molar-refractivity contribution in [1.82, 2.24) is 5.32 Å². The third-order valence-electron chi connectivity index (χ3n) is 2.33. The average molecular weight is 323 g/mol. The molecule has 0 aliphatic heterocycles. The summed E-state index contributed by atoms with van der Waals surface area (Å²) in [7, 11) is 0. The second-order valence-corrected chi connectivity index (χ2v) is 4.47. The van der Waals surface area contributed by atoms with Gasteiger partial charge in [-0.1, -0.05) is 18.5 Å². The van der Waals surface area contributed by atoms with Crippen LogP contribution >= 0.6 is 11.6 Å². The first-order valence-electron chi connectivity index (χ1n) is 6.10. The zero-order valence-corrected chi connectivity index (χ0v) is 12.0. The van der Waals surface area contributed by atoms with Crippen LogP contribution in [0.3, 0.4) is 0 Å². The molecule has 1 N–H and O–H groups in total. The van der Waals surface area contributed by atoms with E-state index in [1.165, 1.54) is 6.07 Å². The number of ether oxygens (including phenoxy) is 1. The Morgan fingerprint density at radius 2 is 2.19 bits per heavy atom. The SMILES string of the molecule is CCCOCC(=Nc1ccc(Cl)cc1C(F)(F)F)NC=O. The van der Waals surface area contributed by atoms with Crippen LogP contribution in [0.4, 0.5) is 18.9 Å². The number of hydrogen-bond donors (Lipinski definition) is 1. The van der Waals surface area contributed by atoms with E-state index < -0.39 is 11.7 Å². The fraction of sp³-hybridized carbons (Fsp3) is 0.385. The molecule has 0 radical (unpaired) electrons. The van der Waals surface area contributed by atoms with Crippen LogP contribution in [-0.4, -0.2) is 25.5 Å². The Labute approximate surface area is 125 Å². The molecular weight excluding hydrogens is 309 g/mol. The summed E-state index contributed by atoms with van der Waals surface area (Å²) in [6, 6.07) is 3.21. The van der Waals surface area contributed by atoms with E-state index in [2.05, 4.69) is 10.3 Å². The summed E-state index contributed by atoms with van der Waals surface area (Å²) in [6.45, 7) is 2.20. The molecule has 0 fully saturated rings. The number of aliphatic imine (C=N–C) groups is 1. The fourth-order valence-corrected chi connectivity index (χ4v) is 1.64. The monoisotopic (exact) mass is 322 g/mol. The van der Waals surface area contributed by atoms with E-state index in [9.17, 15) is 18.0 Å². The Balaban J connectivity index is 3.10. The molecule has 0 unspecified atom stereocenters. The second-order valence-electron chi connectivity index (χ2n) is 4.03. The van der Waals surface area contributed by atoms with Gasteiger partial charge in [0, 0.05) is 11.6 Å². The van der Waals surface area contributed by atoms with Crippen molar-refractivity contribution in [2.75, 3.05) is 13.2 Å². The molecule has 0 atom stereocenters. The summed E-state index contributed by atoms with van der Waals surface area (Å²) in [4.78, 5) is 14.3. The minimum atomic E-state index is -4.60. The van der Waals surface area contributed by atoms with Crippen molar-refractivity contribution < 1.29 is 22.7 Å². The van der Waals surface area contributed by atoms with Gasteiger partial charge < -0.3 is 10.1 Å². The van der Waals surface area contributed by atoms with Crippen molar-refractivity contribution in [1.29, 1.82) is 0 Å². The molecule has 1 aromatic rings. The molecule has 0 saturated carbocycles. The molecular formula is C13H14ClF3N2O2. The van der Waals surface area contributed by atoms with Crippen molar-refractivity contribution in [2.45, 2.75) is 19.5 Å². The predicted octanol–water partition coefficient (Wildman–Crippen LogP) is 3.56. The molecule has 116 valence electrons. The van der Waals surface area contributed by atoms with Gasteiger partial charge in [-0.3, -0.25) is 4.79 Å². The Kier molecular flexibility index (Phi) is 6.64. The Morgan fingerprint density at radius 3 is 2.76 bits per heavy atom. The van der Waals surface area contributed by atoms with Gasteiger partial charge in [-0.15, -0.1) is 0 Å². The summed E-state index contributed by atoms with van der Waals surface area (Å²) in [5.74, 6) is -0.00808. The summed E-state index contributed by atoms with van der Waals surface area (Å²) >= 11 is 5.58. The zero-order chi connectivity index (χ0) is 15.9. The number of carbonyl (C=O) groups excluding carboxylic acids is 1. The summed E-state index contributed by atoms with van der Waals surface area (Å²) in [6.07, 6.45) is -3.53. The van der Waals surface area contributed by atoms with E-state index in [0.29, 0.717) is 13.0 Å². The molecule has 0 aliphatic rings. The quantitative estimate of drug-likeness (QED) is 0.377. The first kappa shape index (κ1) is 17.5. The smallest absolute Gasteiger partial charge is 0.374 e. The van der Waals surface area contributed by atoms with E-state index >= 15 is 0 Å². The highest BCUT2D eigenvalue weighted by Crippen LogP contribution is 2.37. The molecule has 8 heteroatoms. The van der Waals surface area contributed by atoms with Crippen LogP contribution in [0.1, 0.15) is 18.9 Å². The van der Waals surface area contributed by atoms with Gasteiger partial charge in [-0.05, 0) is 24.6 Å². The molecule has 1 rings (SSSR count). The number of hydrogen-bond acceptors (Lipinski definition) is 3. The number of nitrogens with zero attached hydrogens (tertiary/aromatic N) is 1. The lowest BCUT2D eigenvalue weighted by Crippen LogP contribution is -2.26. The highest BCUT2D eigenvalue weighted by Gasteiger charge is 2.33. The normalized spacial score (nSPS) is 12.3. The molecule has 21 heavy (non-hydrogen) atoms. The van der Waals surface area contributed by atoms with E-state index in [0.717, 1.165) is 18.6 Å². The zero-order valence-electron chi connectivity index (χ0n) is 11.2. The van der Waals surface area contributed by atoms with Crippen molar-refractivity contribution in [3.8, 4) is 0 Å². The number of alkyl halides is 3. The second kappa shape index (κ2) is 7.99. The van der Waals surface area contributed by atoms with Crippen LogP contribution in [0.15, 0.2) is 23.2 Å². The number of amidine groups is 1. The number of nitrogens with one attached hydrogen (secondary N) is 1. The van der Waals surface area contributed by atoms with E-state index in [4.69, 9.17) is 16.3 Å². The van der Waals surface area contributed by atoms with Crippen LogP contribution in [0, 0.1) is 0 Å². The summed E-state index contributed by atoms with van der Waals surface area (Å²) in [5.41, 5.74) is -1.31. The Morgan fingerprint density at radius 1 is 1.48 bits per heavy atom. The lowest BCUT2D eigenvalue weighted by Gasteiger charge is -2.12. The molecule has 0 heterocycles. The van der Waals surface area contributed by atoms with Crippen LogP contribution in [0.25, 0.3) is 0 Å². The van der Waals surface area contributed by atoms with Gasteiger partial charge in [0.25, 0.3) is 0 Å². The van der Waals surface area contributed by atoms with Crippen molar-refractivity contribution in [2.24, 2.45) is 4.99 Å². The van der Waals surface area contributed by atoms with E-state index in [1.54, 1.807) is 0 Å². The van der Waals surface area contributed by atoms with E-state index in [1.807, 2.05) is 6.92 Å². The molecule has 1 amide bonds. The molecule has 0 aliphatic carbocycles. The average Bonchev–Trinajstić information content (AvgIpc) is 2.40. The highest BCUT2D eigenvalue weighted by atomic mass is 35.5. The number of carbonyl (C=O) groups is 1. The van der Waals surface area contributed by atoms with Gasteiger partial charge >= 0.3 is 6.18 Å². The predicted molar refractivity (Wildman–Crippen MR) is 73.9 cm³/mol. The largest absolute Gasteiger partial charge is 0.418 e. The first-order valence-corrected chi connectivity index (χ1v) is 6.48. The van der Waals surface area contributed by atoms with Gasteiger partial charge in [0.05, 0.1) is 11.3 Å². The lowest BCUT2D eigenvalue weighted by atomic mass is 10.1. The lowest BCUT2D eigenvalue weighted by molar-refractivity contribution is -0.137. The number of halogens is 4. The Hall–Kier alpha value is -1.60. The standard InChI is InChI=1S/C13H14ClF3N2O2/c1-2-5-21-7-12(18-8-20)19-11-4-3-9(14)6-10(11)13(15,16)17/h3-4,6,8H,2,5,7H2,1H3,(H,18,19,20). The van der Waals surface area contributed by atoms with E-state index in [-0.39, 0.29) is 23.2 Å². The number of amides is 1. The number of benzene rings is 1. The molecule has 1 aromatic carbocycles. The first-order chi connectivity index (χ1) is 9.88. The van der Waals surface area contributed by atoms with Crippen LogP contribution in [-0.2, 0) is 15.7 Å². The molecule has 4 nitrogen and oxygen atoms in total. The van der Waals surface area contributed by atoms with Gasteiger partial charge in [0.15, 0.2) is 0 Å². The highest BCUT2D eigenvalue weighted by molar-refractivity contribution is 6.30. The van der Waals surface area contributed by atoms with Gasteiger partial charge in [0.1, 0.15) is 12.4 Å². The molecule has 0 spiro atoms. The van der Waals surface area contributed by atoms with Gasteiger partial charge in [-0.2, -0.15) is 13.2 Å². The maximum Gasteiger partial charge on any atom is 0.418 e. The van der Waals surface area contributed by atoms with Gasteiger partial charge in [-0.25, -0.2) is 4.99 Å². The van der Waals surface area contributed by atoms with Crippen LogP contribution < -0.4 is 5.32 Å².